The first-order valence-electron chi connectivity index (χ1n) is 8.34. The highest BCUT2D eigenvalue weighted by atomic mass is 32.2. The number of carbonyl (C=O) groups is 1. The Kier molecular flexibility index (Phi) is 4.32. The number of hydrogen-bond donors (Lipinski definition) is 3. The second kappa shape index (κ2) is 6.82. The normalized spacial score (nSPS) is 11.4. The number of H-pyrrole nitrogens is 1. The van der Waals surface area contributed by atoms with Gasteiger partial charge in [0.05, 0.1) is 21.7 Å². The highest BCUT2D eigenvalue weighted by molar-refractivity contribution is 7.92. The maximum absolute atomic E-state index is 12.5. The number of benzene rings is 3. The third kappa shape index (κ3) is 3.33. The third-order valence-electron chi connectivity index (χ3n) is 4.25. The molecule has 3 aromatic carbocycles. The number of aromatic nitrogens is 2. The predicted octanol–water partition coefficient (Wildman–Crippen LogP) is 3.73. The Balaban J connectivity index is 1.73. The molecule has 0 unspecified atom stereocenters. The van der Waals surface area contributed by atoms with Crippen LogP contribution in [0.25, 0.3) is 22.2 Å². The number of anilines is 1. The lowest BCUT2D eigenvalue weighted by Gasteiger charge is -2.09. The summed E-state index contributed by atoms with van der Waals surface area (Å²) < 4.78 is 27.6. The fourth-order valence-corrected chi connectivity index (χ4v) is 3.98. The smallest absolute Gasteiger partial charge is 0.335 e. The number of aromatic amines is 1. The molecule has 4 aromatic rings. The van der Waals surface area contributed by atoms with Gasteiger partial charge in [0.15, 0.2) is 0 Å². The predicted molar refractivity (Wildman–Crippen MR) is 106 cm³/mol. The molecule has 0 spiro atoms. The molecule has 4 rings (SSSR count). The number of fused-ring (bicyclic) bond motifs is 1. The second-order valence-corrected chi connectivity index (χ2v) is 7.82. The van der Waals surface area contributed by atoms with Crippen LogP contribution in [0, 0.1) is 0 Å². The van der Waals surface area contributed by atoms with Gasteiger partial charge in [-0.1, -0.05) is 30.3 Å². The van der Waals surface area contributed by atoms with Gasteiger partial charge in [0, 0.05) is 16.6 Å². The average Bonchev–Trinajstić information content (AvgIpc) is 3.12. The summed E-state index contributed by atoms with van der Waals surface area (Å²) in [5.41, 5.74) is 2.42. The van der Waals surface area contributed by atoms with Crippen molar-refractivity contribution in [3.05, 3.63) is 78.4 Å². The van der Waals surface area contributed by atoms with Crippen molar-refractivity contribution < 1.29 is 18.3 Å². The number of rotatable bonds is 5. The van der Waals surface area contributed by atoms with Crippen LogP contribution < -0.4 is 4.72 Å². The Labute approximate surface area is 160 Å². The lowest BCUT2D eigenvalue weighted by Crippen LogP contribution is -2.12. The van der Waals surface area contributed by atoms with E-state index in [4.69, 9.17) is 0 Å². The molecule has 3 N–H and O–H groups in total. The van der Waals surface area contributed by atoms with Gasteiger partial charge in [-0.05, 0) is 42.5 Å². The Morgan fingerprint density at radius 1 is 0.964 bits per heavy atom. The van der Waals surface area contributed by atoms with Crippen molar-refractivity contribution in [1.82, 2.24) is 10.2 Å². The van der Waals surface area contributed by atoms with Crippen LogP contribution >= 0.6 is 0 Å². The highest BCUT2D eigenvalue weighted by Crippen LogP contribution is 2.29. The minimum absolute atomic E-state index is 0.149. The standard InChI is InChI=1S/C20H15N3O4S/c24-20(25)14-9-10-18-17(12-14)19(22-21-18)13-5-4-6-15(11-13)23-28(26,27)16-7-2-1-3-8-16/h1-12,23H,(H,21,22)(H,24,25). The van der Waals surface area contributed by atoms with Crippen molar-refractivity contribution >= 4 is 32.6 Å². The van der Waals surface area contributed by atoms with Crippen molar-refractivity contribution in [3.8, 4) is 11.3 Å². The summed E-state index contributed by atoms with van der Waals surface area (Å²) >= 11 is 0. The highest BCUT2D eigenvalue weighted by Gasteiger charge is 2.15. The van der Waals surface area contributed by atoms with Gasteiger partial charge in [0.1, 0.15) is 0 Å². The van der Waals surface area contributed by atoms with Crippen LogP contribution in [0.4, 0.5) is 5.69 Å². The molecule has 1 aromatic heterocycles. The van der Waals surface area contributed by atoms with Gasteiger partial charge >= 0.3 is 5.97 Å². The molecule has 0 atom stereocenters. The van der Waals surface area contributed by atoms with E-state index in [1.54, 1.807) is 48.5 Å². The zero-order valence-electron chi connectivity index (χ0n) is 14.5. The van der Waals surface area contributed by atoms with E-state index in [0.29, 0.717) is 27.8 Å². The number of hydrogen-bond acceptors (Lipinski definition) is 4. The molecule has 0 saturated heterocycles. The van der Waals surface area contributed by atoms with Crippen molar-refractivity contribution in [3.63, 3.8) is 0 Å². The number of nitrogens with zero attached hydrogens (tertiary/aromatic N) is 1. The van der Waals surface area contributed by atoms with Crippen LogP contribution in [0.1, 0.15) is 10.4 Å². The van der Waals surface area contributed by atoms with Gasteiger partial charge in [-0.3, -0.25) is 9.82 Å². The molecule has 0 aliphatic rings. The maximum Gasteiger partial charge on any atom is 0.335 e. The minimum Gasteiger partial charge on any atom is -0.478 e. The molecule has 28 heavy (non-hydrogen) atoms. The van der Waals surface area contributed by atoms with E-state index in [1.807, 2.05) is 0 Å². The van der Waals surface area contributed by atoms with E-state index in [0.717, 1.165) is 0 Å². The van der Waals surface area contributed by atoms with E-state index >= 15 is 0 Å². The fraction of sp³-hybridized carbons (Fsp3) is 0. The van der Waals surface area contributed by atoms with Crippen LogP contribution in [-0.4, -0.2) is 29.7 Å². The lowest BCUT2D eigenvalue weighted by molar-refractivity contribution is 0.0697. The van der Waals surface area contributed by atoms with Crippen molar-refractivity contribution in [1.29, 1.82) is 0 Å². The van der Waals surface area contributed by atoms with Crippen molar-refractivity contribution in [2.75, 3.05) is 4.72 Å². The number of carboxylic acid groups (broad SMARTS) is 1. The summed E-state index contributed by atoms with van der Waals surface area (Å²) in [5.74, 6) is -1.03. The number of aromatic carboxylic acids is 1. The zero-order chi connectivity index (χ0) is 19.7. The number of carboxylic acids is 1. The number of nitrogens with one attached hydrogen (secondary N) is 2. The monoisotopic (exact) mass is 393 g/mol. The molecule has 1 heterocycles. The van der Waals surface area contributed by atoms with Gasteiger partial charge in [-0.2, -0.15) is 5.10 Å². The quantitative estimate of drug-likeness (QED) is 0.478. The molecule has 0 radical (unpaired) electrons. The second-order valence-electron chi connectivity index (χ2n) is 6.14. The molecule has 0 saturated carbocycles. The van der Waals surface area contributed by atoms with Crippen molar-refractivity contribution in [2.45, 2.75) is 4.90 Å². The summed E-state index contributed by atoms with van der Waals surface area (Å²) in [6, 6.07) is 19.6. The molecule has 0 aliphatic carbocycles. The third-order valence-corrected chi connectivity index (χ3v) is 5.65. The molecule has 7 nitrogen and oxygen atoms in total. The first-order valence-corrected chi connectivity index (χ1v) is 9.82. The Hall–Kier alpha value is -3.65. The molecular weight excluding hydrogens is 378 g/mol. The fourth-order valence-electron chi connectivity index (χ4n) is 2.91. The van der Waals surface area contributed by atoms with E-state index < -0.39 is 16.0 Å². The Morgan fingerprint density at radius 2 is 1.75 bits per heavy atom. The van der Waals surface area contributed by atoms with Crippen LogP contribution in [0.3, 0.4) is 0 Å². The number of sulfonamides is 1. The summed E-state index contributed by atoms with van der Waals surface area (Å²) in [4.78, 5) is 11.4. The van der Waals surface area contributed by atoms with E-state index in [1.165, 1.54) is 24.3 Å². The Bertz CT molecular complexity index is 1280. The van der Waals surface area contributed by atoms with Crippen LogP contribution in [-0.2, 0) is 10.0 Å². The SMILES string of the molecule is O=C(O)c1ccc2[nH]nc(-c3cccc(NS(=O)(=O)c4ccccc4)c3)c2c1. The Morgan fingerprint density at radius 3 is 2.50 bits per heavy atom. The first kappa shape index (κ1) is 17.7. The molecule has 0 aliphatic heterocycles. The largest absolute Gasteiger partial charge is 0.478 e. The summed E-state index contributed by atoms with van der Waals surface area (Å²) in [6.07, 6.45) is 0. The van der Waals surface area contributed by atoms with Gasteiger partial charge in [-0.25, -0.2) is 13.2 Å². The summed E-state index contributed by atoms with van der Waals surface area (Å²) in [5, 5.41) is 17.0. The van der Waals surface area contributed by atoms with Gasteiger partial charge in [0.2, 0.25) is 0 Å². The molecule has 0 fully saturated rings. The topological polar surface area (TPSA) is 112 Å². The molecule has 0 bridgehead atoms. The van der Waals surface area contributed by atoms with E-state index in [2.05, 4.69) is 14.9 Å². The maximum atomic E-state index is 12.5. The van der Waals surface area contributed by atoms with E-state index in [-0.39, 0.29) is 10.5 Å². The van der Waals surface area contributed by atoms with Gasteiger partial charge in [-0.15, -0.1) is 0 Å². The van der Waals surface area contributed by atoms with Crippen LogP contribution in [0.5, 0.6) is 0 Å². The zero-order valence-corrected chi connectivity index (χ0v) is 15.3. The summed E-state index contributed by atoms with van der Waals surface area (Å²) in [6.45, 7) is 0. The molecule has 140 valence electrons. The van der Waals surface area contributed by atoms with E-state index in [9.17, 15) is 18.3 Å². The average molecular weight is 393 g/mol. The van der Waals surface area contributed by atoms with Gasteiger partial charge in [0.25, 0.3) is 10.0 Å². The van der Waals surface area contributed by atoms with Gasteiger partial charge < -0.3 is 5.11 Å². The molecule has 0 amide bonds. The van der Waals surface area contributed by atoms with Crippen LogP contribution in [0.15, 0.2) is 77.7 Å². The first-order chi connectivity index (χ1) is 13.4. The molecular formula is C20H15N3O4S. The lowest BCUT2D eigenvalue weighted by atomic mass is 10.1. The molecule has 8 heteroatoms. The minimum atomic E-state index is -3.72. The summed E-state index contributed by atoms with van der Waals surface area (Å²) in [7, 11) is -3.72. The van der Waals surface area contributed by atoms with Crippen molar-refractivity contribution in [2.24, 2.45) is 0 Å². The van der Waals surface area contributed by atoms with Crippen LogP contribution in [0.2, 0.25) is 0 Å².